The number of cyclic esters (lactones) is 1. The molecule has 0 amide bonds. The summed E-state index contributed by atoms with van der Waals surface area (Å²) in [4.78, 5) is 23.7. The van der Waals surface area contributed by atoms with Crippen LogP contribution >= 0.6 is 0 Å². The van der Waals surface area contributed by atoms with Crippen LogP contribution in [0, 0.1) is 17.3 Å². The molecule has 0 aliphatic carbocycles. The van der Waals surface area contributed by atoms with E-state index in [1.54, 1.807) is 6.92 Å². The fourth-order valence-electron chi connectivity index (χ4n) is 2.14. The Balaban J connectivity index is 2.77. The molecule has 21 heavy (non-hydrogen) atoms. The Kier molecular flexibility index (Phi) is 5.42. The lowest BCUT2D eigenvalue weighted by molar-refractivity contribution is -0.167. The molecule has 0 radical (unpaired) electrons. The van der Waals surface area contributed by atoms with E-state index >= 15 is 0 Å². The van der Waals surface area contributed by atoms with Crippen molar-refractivity contribution in [1.82, 2.24) is 0 Å². The maximum Gasteiger partial charge on any atom is 0.347 e. The van der Waals surface area contributed by atoms with Crippen molar-refractivity contribution in [3.63, 3.8) is 0 Å². The Morgan fingerprint density at radius 3 is 2.33 bits per heavy atom. The Morgan fingerprint density at radius 2 is 1.95 bits per heavy atom. The lowest BCUT2D eigenvalue weighted by Crippen LogP contribution is -2.44. The number of esters is 2. The monoisotopic (exact) mass is 300 g/mol. The van der Waals surface area contributed by atoms with Gasteiger partial charge < -0.3 is 14.6 Å². The highest BCUT2D eigenvalue weighted by molar-refractivity contribution is 5.81. The summed E-state index contributed by atoms with van der Waals surface area (Å²) in [6.45, 7) is 11.7. The number of hydrogen-bond donors (Lipinski definition) is 1. The topological polar surface area (TPSA) is 72.8 Å². The van der Waals surface area contributed by atoms with Crippen LogP contribution in [0.2, 0.25) is 0 Å². The lowest BCUT2D eigenvalue weighted by Gasteiger charge is -2.40. The summed E-state index contributed by atoms with van der Waals surface area (Å²) in [5.41, 5.74) is -1.36. The lowest BCUT2D eigenvalue weighted by atomic mass is 9.71. The minimum atomic E-state index is -1.00. The van der Waals surface area contributed by atoms with Crippen molar-refractivity contribution in [2.24, 2.45) is 17.3 Å². The zero-order valence-corrected chi connectivity index (χ0v) is 13.9. The second-order valence-corrected chi connectivity index (χ2v) is 7.46. The number of hydrogen-bond acceptors (Lipinski definition) is 5. The van der Waals surface area contributed by atoms with Crippen molar-refractivity contribution in [3.05, 3.63) is 0 Å². The molecule has 3 atom stereocenters. The molecule has 0 spiro atoms. The molecule has 122 valence electrons. The summed E-state index contributed by atoms with van der Waals surface area (Å²) < 4.78 is 10.1. The number of ether oxygens (including phenoxy) is 2. The summed E-state index contributed by atoms with van der Waals surface area (Å²) in [5, 5.41) is 10.6. The summed E-state index contributed by atoms with van der Waals surface area (Å²) in [5.74, 6) is -1.34. The largest absolute Gasteiger partial charge is 0.463 e. The van der Waals surface area contributed by atoms with Crippen LogP contribution in [0.5, 0.6) is 0 Å². The number of aliphatic hydroxyl groups is 1. The van der Waals surface area contributed by atoms with Crippen LogP contribution in [0.15, 0.2) is 0 Å². The van der Waals surface area contributed by atoms with Crippen LogP contribution < -0.4 is 0 Å². The van der Waals surface area contributed by atoms with Gasteiger partial charge in [0.05, 0.1) is 18.1 Å². The van der Waals surface area contributed by atoms with Crippen molar-refractivity contribution >= 4 is 11.9 Å². The van der Waals surface area contributed by atoms with Gasteiger partial charge in [-0.3, -0.25) is 4.79 Å². The third-order valence-electron chi connectivity index (χ3n) is 4.49. The first-order valence-corrected chi connectivity index (χ1v) is 7.55. The first-order valence-electron chi connectivity index (χ1n) is 7.55. The molecule has 0 aromatic rings. The van der Waals surface area contributed by atoms with Crippen LogP contribution in [-0.4, -0.2) is 35.4 Å². The fraction of sp³-hybridized carbons (Fsp3) is 0.875. The Morgan fingerprint density at radius 1 is 1.38 bits per heavy atom. The van der Waals surface area contributed by atoms with Gasteiger partial charge in [-0.15, -0.1) is 0 Å². The highest BCUT2D eigenvalue weighted by Crippen LogP contribution is 2.37. The van der Waals surface area contributed by atoms with Crippen molar-refractivity contribution in [2.75, 3.05) is 6.61 Å². The van der Waals surface area contributed by atoms with Crippen molar-refractivity contribution in [3.8, 4) is 0 Å². The molecular formula is C16H28O5. The average Bonchev–Trinajstić information content (AvgIpc) is 2.70. The van der Waals surface area contributed by atoms with Crippen LogP contribution in [0.4, 0.5) is 0 Å². The van der Waals surface area contributed by atoms with Crippen LogP contribution in [-0.2, 0) is 19.1 Å². The van der Waals surface area contributed by atoms with E-state index < -0.39 is 29.6 Å². The van der Waals surface area contributed by atoms with E-state index in [1.807, 2.05) is 34.6 Å². The standard InChI is InChI=1S/C16H28O5/c1-10(2)11(9-16(6,19)15(3,4)5)13(17)21-12-7-8-20-14(12)18/h10-12,19H,7-9H2,1-6H3. The van der Waals surface area contributed by atoms with Gasteiger partial charge in [0.2, 0.25) is 6.10 Å². The highest BCUT2D eigenvalue weighted by Gasteiger charge is 2.42. The van der Waals surface area contributed by atoms with Crippen LogP contribution in [0.3, 0.4) is 0 Å². The molecule has 5 heteroatoms. The first-order chi connectivity index (χ1) is 9.45. The van der Waals surface area contributed by atoms with E-state index in [0.29, 0.717) is 19.4 Å². The fourth-order valence-corrected chi connectivity index (χ4v) is 2.14. The second-order valence-electron chi connectivity index (χ2n) is 7.46. The minimum absolute atomic E-state index is 0.0174. The second kappa shape index (κ2) is 6.34. The van der Waals surface area contributed by atoms with E-state index in [0.717, 1.165) is 0 Å². The molecule has 1 aliphatic rings. The Hall–Kier alpha value is -1.10. The zero-order chi connectivity index (χ0) is 16.4. The SMILES string of the molecule is CC(C)C(CC(C)(O)C(C)(C)C)C(=O)OC1CCOC1=O. The molecule has 1 saturated heterocycles. The maximum atomic E-state index is 12.3. The molecule has 1 heterocycles. The normalized spacial score (nSPS) is 23.6. The third-order valence-corrected chi connectivity index (χ3v) is 4.49. The maximum absolute atomic E-state index is 12.3. The summed E-state index contributed by atoms with van der Waals surface area (Å²) in [6.07, 6.45) is -0.0851. The van der Waals surface area contributed by atoms with Gasteiger partial charge in [-0.1, -0.05) is 34.6 Å². The van der Waals surface area contributed by atoms with Gasteiger partial charge in [-0.2, -0.15) is 0 Å². The molecule has 0 bridgehead atoms. The van der Waals surface area contributed by atoms with Gasteiger partial charge in [0.25, 0.3) is 0 Å². The Bertz CT molecular complexity index is 392. The average molecular weight is 300 g/mol. The molecular weight excluding hydrogens is 272 g/mol. The van der Waals surface area contributed by atoms with E-state index in [2.05, 4.69) is 0 Å². The van der Waals surface area contributed by atoms with E-state index in [-0.39, 0.29) is 11.3 Å². The molecule has 1 aliphatic heterocycles. The van der Waals surface area contributed by atoms with Crippen molar-refractivity contribution < 1.29 is 24.2 Å². The first kappa shape index (κ1) is 18.0. The van der Waals surface area contributed by atoms with Gasteiger partial charge in [0.1, 0.15) is 0 Å². The summed E-state index contributed by atoms with van der Waals surface area (Å²) in [7, 11) is 0. The Labute approximate surface area is 127 Å². The predicted molar refractivity (Wildman–Crippen MR) is 78.5 cm³/mol. The molecule has 0 aromatic carbocycles. The quantitative estimate of drug-likeness (QED) is 0.789. The smallest absolute Gasteiger partial charge is 0.347 e. The molecule has 5 nitrogen and oxygen atoms in total. The third kappa shape index (κ3) is 4.43. The number of rotatable bonds is 5. The van der Waals surface area contributed by atoms with Gasteiger partial charge in [0, 0.05) is 6.42 Å². The molecule has 1 N–H and O–H groups in total. The molecule has 0 aromatic heterocycles. The molecule has 1 fully saturated rings. The van der Waals surface area contributed by atoms with Crippen molar-refractivity contribution in [2.45, 2.75) is 66.1 Å². The minimum Gasteiger partial charge on any atom is -0.463 e. The van der Waals surface area contributed by atoms with Gasteiger partial charge in [-0.05, 0) is 24.7 Å². The van der Waals surface area contributed by atoms with Gasteiger partial charge in [-0.25, -0.2) is 4.79 Å². The number of carbonyl (C=O) groups is 2. The molecule has 0 saturated carbocycles. The molecule has 1 rings (SSSR count). The zero-order valence-electron chi connectivity index (χ0n) is 13.9. The number of carbonyl (C=O) groups excluding carboxylic acids is 2. The van der Waals surface area contributed by atoms with Crippen molar-refractivity contribution in [1.29, 1.82) is 0 Å². The highest BCUT2D eigenvalue weighted by atomic mass is 16.6. The summed E-state index contributed by atoms with van der Waals surface area (Å²) in [6, 6.07) is 0. The van der Waals surface area contributed by atoms with E-state index in [1.165, 1.54) is 0 Å². The van der Waals surface area contributed by atoms with Crippen LogP contribution in [0.25, 0.3) is 0 Å². The van der Waals surface area contributed by atoms with Gasteiger partial charge in [0.15, 0.2) is 0 Å². The van der Waals surface area contributed by atoms with Gasteiger partial charge >= 0.3 is 11.9 Å². The van der Waals surface area contributed by atoms with Crippen LogP contribution in [0.1, 0.15) is 54.4 Å². The predicted octanol–water partition coefficient (Wildman–Crippen LogP) is 2.30. The van der Waals surface area contributed by atoms with E-state index in [4.69, 9.17) is 9.47 Å². The summed E-state index contributed by atoms with van der Waals surface area (Å²) >= 11 is 0. The van der Waals surface area contributed by atoms with E-state index in [9.17, 15) is 14.7 Å². The molecule has 3 unspecified atom stereocenters.